The number of carbonyl (C=O) groups is 1. The summed E-state index contributed by atoms with van der Waals surface area (Å²) in [6.45, 7) is 4.12. The van der Waals surface area contributed by atoms with Gasteiger partial charge in [0.1, 0.15) is 5.82 Å². The molecule has 17 heavy (non-hydrogen) atoms. The molecule has 0 spiro atoms. The molecule has 2 heterocycles. The quantitative estimate of drug-likeness (QED) is 0.634. The highest BCUT2D eigenvalue weighted by atomic mass is 16.4. The van der Waals surface area contributed by atoms with E-state index in [1.807, 2.05) is 6.92 Å². The summed E-state index contributed by atoms with van der Waals surface area (Å²) >= 11 is 0. The molecule has 5 heteroatoms. The summed E-state index contributed by atoms with van der Waals surface area (Å²) in [5.74, 6) is 0.299. The van der Waals surface area contributed by atoms with Crippen molar-refractivity contribution >= 4 is 6.09 Å². The van der Waals surface area contributed by atoms with Gasteiger partial charge in [0.15, 0.2) is 0 Å². The van der Waals surface area contributed by atoms with Gasteiger partial charge in [0, 0.05) is 6.54 Å². The van der Waals surface area contributed by atoms with Crippen molar-refractivity contribution in [2.45, 2.75) is 13.3 Å². The van der Waals surface area contributed by atoms with E-state index >= 15 is 0 Å². The van der Waals surface area contributed by atoms with E-state index in [-0.39, 0.29) is 0 Å². The zero-order valence-electron chi connectivity index (χ0n) is 9.86. The van der Waals surface area contributed by atoms with Gasteiger partial charge in [-0.1, -0.05) is 6.08 Å². The van der Waals surface area contributed by atoms with Gasteiger partial charge >= 0.3 is 6.09 Å². The van der Waals surface area contributed by atoms with Crippen LogP contribution in [0.5, 0.6) is 0 Å². The molecule has 0 radical (unpaired) electrons. The maximum absolute atomic E-state index is 11.1. The first-order chi connectivity index (χ1) is 8.09. The first-order valence-corrected chi connectivity index (χ1v) is 5.67. The van der Waals surface area contributed by atoms with Gasteiger partial charge in [0.05, 0.1) is 6.54 Å². The Morgan fingerprint density at radius 3 is 2.94 bits per heavy atom. The fraction of sp³-hybridized carbons (Fsp3) is 0.417. The van der Waals surface area contributed by atoms with Crippen LogP contribution in [0.15, 0.2) is 34.7 Å². The number of carboxylic acid groups (broad SMARTS) is 1. The fourth-order valence-electron chi connectivity index (χ4n) is 2.19. The number of nitrogens with two attached hydrogens (primary N) is 1. The van der Waals surface area contributed by atoms with Gasteiger partial charge in [-0.25, -0.2) is 4.79 Å². The molecular formula is C12H17N3O2. The van der Waals surface area contributed by atoms with E-state index in [0.29, 0.717) is 12.4 Å². The topological polar surface area (TPSA) is 78.6 Å². The highest BCUT2D eigenvalue weighted by Crippen LogP contribution is 2.26. The third-order valence-electron chi connectivity index (χ3n) is 3.15. The normalized spacial score (nSPS) is 21.1. The van der Waals surface area contributed by atoms with Crippen molar-refractivity contribution in [3.63, 3.8) is 0 Å². The Labute approximate surface area is 100 Å². The summed E-state index contributed by atoms with van der Waals surface area (Å²) in [5, 5.41) is 12.3. The minimum Gasteiger partial charge on any atom is -0.465 e. The number of rotatable bonds is 1. The van der Waals surface area contributed by atoms with Gasteiger partial charge < -0.3 is 16.2 Å². The maximum Gasteiger partial charge on any atom is 0.413 e. The van der Waals surface area contributed by atoms with Crippen molar-refractivity contribution in [3.05, 3.63) is 34.7 Å². The predicted molar refractivity (Wildman–Crippen MR) is 65.3 cm³/mol. The Bertz CT molecular complexity index is 435. The van der Waals surface area contributed by atoms with Gasteiger partial charge in [-0.3, -0.25) is 4.90 Å². The van der Waals surface area contributed by atoms with Crippen molar-refractivity contribution < 1.29 is 9.90 Å². The van der Waals surface area contributed by atoms with Crippen LogP contribution < -0.4 is 11.1 Å². The lowest BCUT2D eigenvalue weighted by Crippen LogP contribution is -2.37. The number of allylic oxidation sites excluding steroid dienone is 2. The van der Waals surface area contributed by atoms with Crippen LogP contribution in [0.25, 0.3) is 0 Å². The molecule has 0 aromatic carbocycles. The second kappa shape index (κ2) is 4.63. The third-order valence-corrected chi connectivity index (χ3v) is 3.15. The first-order valence-electron chi connectivity index (χ1n) is 5.67. The zero-order chi connectivity index (χ0) is 12.4. The van der Waals surface area contributed by atoms with E-state index in [2.05, 4.69) is 11.4 Å². The van der Waals surface area contributed by atoms with Crippen molar-refractivity contribution in [2.75, 3.05) is 19.6 Å². The average molecular weight is 235 g/mol. The molecule has 4 N–H and O–H groups in total. The lowest BCUT2D eigenvalue weighted by atomic mass is 9.93. The Morgan fingerprint density at radius 2 is 2.35 bits per heavy atom. The number of nitrogens with zero attached hydrogens (tertiary/aromatic N) is 1. The molecule has 92 valence electrons. The van der Waals surface area contributed by atoms with Gasteiger partial charge in [0.2, 0.25) is 0 Å². The van der Waals surface area contributed by atoms with Crippen molar-refractivity contribution in [3.8, 4) is 0 Å². The van der Waals surface area contributed by atoms with E-state index in [1.165, 1.54) is 10.5 Å². The first kappa shape index (κ1) is 11.7. The van der Waals surface area contributed by atoms with Gasteiger partial charge in [-0.05, 0) is 42.7 Å². The van der Waals surface area contributed by atoms with E-state index in [0.717, 1.165) is 30.7 Å². The maximum atomic E-state index is 11.1. The lowest BCUT2D eigenvalue weighted by molar-refractivity contribution is 0.160. The number of nitrogens with one attached hydrogen (secondary N) is 1. The average Bonchev–Trinajstić information content (AvgIpc) is 2.29. The molecule has 0 unspecified atom stereocenters. The van der Waals surface area contributed by atoms with Gasteiger partial charge in [-0.15, -0.1) is 0 Å². The monoisotopic (exact) mass is 235 g/mol. The summed E-state index contributed by atoms with van der Waals surface area (Å²) in [4.78, 5) is 12.2. The molecule has 0 saturated carbocycles. The molecule has 0 atom stereocenters. The van der Waals surface area contributed by atoms with Crippen molar-refractivity contribution in [2.24, 2.45) is 5.73 Å². The third kappa shape index (κ3) is 2.34. The van der Waals surface area contributed by atoms with Crippen LogP contribution in [0.2, 0.25) is 0 Å². The molecule has 0 aromatic rings. The summed E-state index contributed by atoms with van der Waals surface area (Å²) in [6, 6.07) is 0. The van der Waals surface area contributed by atoms with E-state index in [4.69, 9.17) is 10.8 Å². The molecule has 0 fully saturated rings. The minimum absolute atomic E-state index is 0.299. The second-order valence-corrected chi connectivity index (χ2v) is 4.28. The van der Waals surface area contributed by atoms with Crippen LogP contribution in [0.3, 0.4) is 0 Å². The van der Waals surface area contributed by atoms with Crippen molar-refractivity contribution in [1.82, 2.24) is 10.2 Å². The molecule has 0 bridgehead atoms. The van der Waals surface area contributed by atoms with Crippen LogP contribution in [0.4, 0.5) is 4.79 Å². The molecule has 5 nitrogen and oxygen atoms in total. The summed E-state index contributed by atoms with van der Waals surface area (Å²) in [5.41, 5.74) is 9.08. The lowest BCUT2D eigenvalue weighted by Gasteiger charge is -2.28. The van der Waals surface area contributed by atoms with Crippen LogP contribution >= 0.6 is 0 Å². The molecule has 2 rings (SSSR count). The smallest absolute Gasteiger partial charge is 0.413 e. The molecule has 0 saturated heterocycles. The van der Waals surface area contributed by atoms with Crippen LogP contribution in [0, 0.1) is 0 Å². The van der Waals surface area contributed by atoms with Crippen LogP contribution in [-0.4, -0.2) is 35.7 Å². The minimum atomic E-state index is -1.00. The highest BCUT2D eigenvalue weighted by Gasteiger charge is 2.23. The molecule has 2 aliphatic rings. The van der Waals surface area contributed by atoms with Gasteiger partial charge in [0.25, 0.3) is 0 Å². The molecule has 0 aromatic heterocycles. The predicted octanol–water partition coefficient (Wildman–Crippen LogP) is 1.02. The van der Waals surface area contributed by atoms with Crippen LogP contribution in [0.1, 0.15) is 13.3 Å². The van der Waals surface area contributed by atoms with E-state index in [1.54, 1.807) is 6.08 Å². The van der Waals surface area contributed by atoms with Gasteiger partial charge in [-0.2, -0.15) is 0 Å². The number of amides is 1. The number of hydrogen-bond acceptors (Lipinski definition) is 3. The SMILES string of the molecule is CC1=C(C2=CCNCC2)CN(C(=O)O)C(N)=C1. The molecule has 2 aliphatic heterocycles. The van der Waals surface area contributed by atoms with Crippen molar-refractivity contribution in [1.29, 1.82) is 0 Å². The summed E-state index contributed by atoms with van der Waals surface area (Å²) < 4.78 is 0. The Balaban J connectivity index is 2.30. The summed E-state index contributed by atoms with van der Waals surface area (Å²) in [6.07, 6.45) is 3.79. The zero-order valence-corrected chi connectivity index (χ0v) is 9.86. The standard InChI is InChI=1S/C12H17N3O2/c1-8-6-11(13)15(12(16)17)7-10(8)9-2-4-14-5-3-9/h2,6,14H,3-5,7,13H2,1H3,(H,16,17). The second-order valence-electron chi connectivity index (χ2n) is 4.28. The van der Waals surface area contributed by atoms with E-state index < -0.39 is 6.09 Å². The largest absolute Gasteiger partial charge is 0.465 e. The molecule has 1 amide bonds. The van der Waals surface area contributed by atoms with Crippen LogP contribution in [-0.2, 0) is 0 Å². The number of hydrogen-bond donors (Lipinski definition) is 3. The molecular weight excluding hydrogens is 218 g/mol. The highest BCUT2D eigenvalue weighted by molar-refractivity contribution is 5.69. The Morgan fingerprint density at radius 1 is 1.59 bits per heavy atom. The van der Waals surface area contributed by atoms with E-state index in [9.17, 15) is 4.79 Å². The fourth-order valence-corrected chi connectivity index (χ4v) is 2.19. The Hall–Kier alpha value is -1.75. The Kier molecular flexibility index (Phi) is 3.19. The summed E-state index contributed by atoms with van der Waals surface area (Å²) in [7, 11) is 0. The molecule has 0 aliphatic carbocycles.